The van der Waals surface area contributed by atoms with Crippen molar-refractivity contribution in [1.82, 2.24) is 9.55 Å². The Labute approximate surface area is 162 Å². The van der Waals surface area contributed by atoms with Crippen LogP contribution in [-0.4, -0.2) is 15.7 Å². The van der Waals surface area contributed by atoms with Gasteiger partial charge in [0.15, 0.2) is 0 Å². The Morgan fingerprint density at radius 2 is 1.73 bits per heavy atom. The van der Waals surface area contributed by atoms with Gasteiger partial charge in [-0.2, -0.15) is 13.2 Å². The lowest BCUT2D eigenvalue weighted by Gasteiger charge is -2.30. The van der Waals surface area contributed by atoms with Crippen LogP contribution in [0.5, 0.6) is 0 Å². The van der Waals surface area contributed by atoms with E-state index in [1.807, 2.05) is 0 Å². The van der Waals surface area contributed by atoms with Crippen molar-refractivity contribution in [2.45, 2.75) is 44.7 Å². The highest BCUT2D eigenvalue weighted by atomic mass is 79.9. The number of alkyl halides is 3. The SMILES string of the molecule is Cc1nc([C@H]2CC[C@@H](C(F)(F)F)CC2)n(-c2ccc(Cl)cc2)c(=O)c1Br. The van der Waals surface area contributed by atoms with Gasteiger partial charge in [-0.15, -0.1) is 0 Å². The van der Waals surface area contributed by atoms with Crippen molar-refractivity contribution in [3.8, 4) is 5.69 Å². The van der Waals surface area contributed by atoms with Crippen molar-refractivity contribution in [1.29, 1.82) is 0 Å². The summed E-state index contributed by atoms with van der Waals surface area (Å²) in [5, 5.41) is 0.535. The Hall–Kier alpha value is -1.34. The summed E-state index contributed by atoms with van der Waals surface area (Å²) in [7, 11) is 0. The van der Waals surface area contributed by atoms with E-state index >= 15 is 0 Å². The van der Waals surface area contributed by atoms with Crippen LogP contribution >= 0.6 is 27.5 Å². The quantitative estimate of drug-likeness (QED) is 0.581. The summed E-state index contributed by atoms with van der Waals surface area (Å²) in [5.74, 6) is -0.951. The highest BCUT2D eigenvalue weighted by Gasteiger charge is 2.42. The molecule has 2 aromatic rings. The molecule has 3 rings (SSSR count). The van der Waals surface area contributed by atoms with E-state index in [-0.39, 0.29) is 24.3 Å². The smallest absolute Gasteiger partial charge is 0.268 e. The van der Waals surface area contributed by atoms with E-state index in [1.54, 1.807) is 31.2 Å². The normalized spacial score (nSPS) is 21.0. The lowest BCUT2D eigenvalue weighted by molar-refractivity contribution is -0.182. The first-order chi connectivity index (χ1) is 12.2. The largest absolute Gasteiger partial charge is 0.391 e. The summed E-state index contributed by atoms with van der Waals surface area (Å²) >= 11 is 9.19. The zero-order chi connectivity index (χ0) is 19.1. The van der Waals surface area contributed by atoms with Crippen LogP contribution in [0.25, 0.3) is 5.69 Å². The van der Waals surface area contributed by atoms with Gasteiger partial charge in [0.05, 0.1) is 17.3 Å². The first kappa shape index (κ1) is 19.4. The fourth-order valence-electron chi connectivity index (χ4n) is 3.42. The molecule has 0 atom stereocenters. The van der Waals surface area contributed by atoms with Crippen LogP contribution in [-0.2, 0) is 0 Å². The standard InChI is InChI=1S/C18H17BrClF3N2O/c1-10-15(19)17(26)25(14-8-6-13(20)7-9-14)16(24-10)11-2-4-12(5-3-11)18(21,22)23/h6-9,11-12H,2-5H2,1H3/t11-,12+. The van der Waals surface area contributed by atoms with Gasteiger partial charge in [-0.05, 0) is 72.8 Å². The molecule has 26 heavy (non-hydrogen) atoms. The zero-order valence-electron chi connectivity index (χ0n) is 14.0. The molecule has 0 unspecified atom stereocenters. The summed E-state index contributed by atoms with van der Waals surface area (Å²) in [6.07, 6.45) is -3.35. The molecule has 0 radical (unpaired) electrons. The molecule has 0 aliphatic heterocycles. The maximum atomic E-state index is 12.9. The molecule has 1 aliphatic carbocycles. The van der Waals surface area contributed by atoms with Crippen LogP contribution in [0.15, 0.2) is 33.5 Å². The van der Waals surface area contributed by atoms with E-state index in [4.69, 9.17) is 11.6 Å². The van der Waals surface area contributed by atoms with E-state index in [1.165, 1.54) is 4.57 Å². The second kappa shape index (κ2) is 7.35. The first-order valence-electron chi connectivity index (χ1n) is 8.30. The summed E-state index contributed by atoms with van der Waals surface area (Å²) in [6, 6.07) is 6.75. The Morgan fingerprint density at radius 3 is 2.27 bits per heavy atom. The molecule has 0 amide bonds. The number of aromatic nitrogens is 2. The van der Waals surface area contributed by atoms with Gasteiger partial charge in [-0.3, -0.25) is 9.36 Å². The highest BCUT2D eigenvalue weighted by molar-refractivity contribution is 9.10. The van der Waals surface area contributed by atoms with Crippen molar-refractivity contribution in [3.05, 3.63) is 55.6 Å². The molecule has 8 heteroatoms. The summed E-state index contributed by atoms with van der Waals surface area (Å²) < 4.78 is 40.7. The molecule has 1 aromatic carbocycles. The summed E-state index contributed by atoms with van der Waals surface area (Å²) in [4.78, 5) is 17.4. The van der Waals surface area contributed by atoms with Crippen LogP contribution in [0.4, 0.5) is 13.2 Å². The van der Waals surface area contributed by atoms with Crippen LogP contribution in [0.2, 0.25) is 5.02 Å². The van der Waals surface area contributed by atoms with Crippen molar-refractivity contribution in [2.24, 2.45) is 5.92 Å². The van der Waals surface area contributed by atoms with Crippen molar-refractivity contribution >= 4 is 27.5 Å². The van der Waals surface area contributed by atoms with Crippen LogP contribution in [0, 0.1) is 12.8 Å². The molecular weight excluding hydrogens is 433 g/mol. The van der Waals surface area contributed by atoms with Crippen LogP contribution in [0.3, 0.4) is 0 Å². The van der Waals surface area contributed by atoms with Gasteiger partial charge in [-0.1, -0.05) is 11.6 Å². The number of rotatable bonds is 2. The second-order valence-electron chi connectivity index (χ2n) is 6.58. The van der Waals surface area contributed by atoms with E-state index in [0.717, 1.165) is 0 Å². The second-order valence-corrected chi connectivity index (χ2v) is 7.81. The Bertz CT molecular complexity index is 856. The maximum Gasteiger partial charge on any atom is 0.391 e. The average Bonchev–Trinajstić information content (AvgIpc) is 2.60. The Morgan fingerprint density at radius 1 is 1.15 bits per heavy atom. The molecule has 0 saturated heterocycles. The minimum atomic E-state index is -4.16. The lowest BCUT2D eigenvalue weighted by Crippen LogP contribution is -2.31. The third-order valence-corrected chi connectivity index (χ3v) is 6.02. The molecule has 0 spiro atoms. The molecular formula is C18H17BrClF3N2O. The molecule has 1 heterocycles. The fourth-order valence-corrected chi connectivity index (χ4v) is 3.81. The molecule has 1 aliphatic rings. The van der Waals surface area contributed by atoms with E-state index in [0.29, 0.717) is 39.5 Å². The monoisotopic (exact) mass is 448 g/mol. The summed E-state index contributed by atoms with van der Waals surface area (Å²) in [5.41, 5.74) is 0.862. The number of aryl methyl sites for hydroxylation is 1. The van der Waals surface area contributed by atoms with E-state index in [9.17, 15) is 18.0 Å². The van der Waals surface area contributed by atoms with E-state index in [2.05, 4.69) is 20.9 Å². The van der Waals surface area contributed by atoms with Gasteiger partial charge >= 0.3 is 6.18 Å². The molecule has 140 valence electrons. The van der Waals surface area contributed by atoms with Crippen molar-refractivity contribution in [3.63, 3.8) is 0 Å². The number of nitrogens with zero attached hydrogens (tertiary/aromatic N) is 2. The third kappa shape index (κ3) is 3.83. The molecule has 1 aromatic heterocycles. The predicted molar refractivity (Wildman–Crippen MR) is 98.0 cm³/mol. The average molecular weight is 450 g/mol. The number of hydrogen-bond donors (Lipinski definition) is 0. The lowest BCUT2D eigenvalue weighted by atomic mass is 9.81. The zero-order valence-corrected chi connectivity index (χ0v) is 16.3. The topological polar surface area (TPSA) is 34.9 Å². The molecule has 0 N–H and O–H groups in total. The Kier molecular flexibility index (Phi) is 5.49. The van der Waals surface area contributed by atoms with Crippen molar-refractivity contribution in [2.75, 3.05) is 0 Å². The van der Waals surface area contributed by atoms with Crippen molar-refractivity contribution < 1.29 is 13.2 Å². The number of hydrogen-bond acceptors (Lipinski definition) is 2. The van der Waals surface area contributed by atoms with Gasteiger partial charge in [-0.25, -0.2) is 4.98 Å². The van der Waals surface area contributed by atoms with Crippen LogP contribution in [0.1, 0.15) is 43.1 Å². The molecule has 0 bridgehead atoms. The Balaban J connectivity index is 2.02. The molecule has 3 nitrogen and oxygen atoms in total. The van der Waals surface area contributed by atoms with Gasteiger partial charge in [0.25, 0.3) is 5.56 Å². The summed E-state index contributed by atoms with van der Waals surface area (Å²) in [6.45, 7) is 1.71. The minimum Gasteiger partial charge on any atom is -0.268 e. The first-order valence-corrected chi connectivity index (χ1v) is 9.47. The number of benzene rings is 1. The van der Waals surface area contributed by atoms with Gasteiger partial charge in [0.2, 0.25) is 0 Å². The maximum absolute atomic E-state index is 12.9. The van der Waals surface area contributed by atoms with Crippen LogP contribution < -0.4 is 5.56 Å². The van der Waals surface area contributed by atoms with Gasteiger partial charge in [0.1, 0.15) is 10.3 Å². The van der Waals surface area contributed by atoms with Gasteiger partial charge < -0.3 is 0 Å². The van der Waals surface area contributed by atoms with E-state index < -0.39 is 12.1 Å². The predicted octanol–water partition coefficient (Wildman–Crippen LogP) is 5.79. The molecule has 1 fully saturated rings. The van der Waals surface area contributed by atoms with Gasteiger partial charge in [0, 0.05) is 10.9 Å². The minimum absolute atomic E-state index is 0.0553. The highest BCUT2D eigenvalue weighted by Crippen LogP contribution is 2.42. The number of halogens is 5. The third-order valence-electron chi connectivity index (χ3n) is 4.86. The fraction of sp³-hybridized carbons (Fsp3) is 0.444. The molecule has 1 saturated carbocycles.